The second kappa shape index (κ2) is 6.88. The minimum atomic E-state index is -0.160. The summed E-state index contributed by atoms with van der Waals surface area (Å²) in [5.41, 5.74) is 1.65. The van der Waals surface area contributed by atoms with E-state index >= 15 is 0 Å². The fraction of sp³-hybridized carbons (Fsp3) is 0.286. The molecule has 0 radical (unpaired) electrons. The number of ether oxygens (including phenoxy) is 1. The smallest absolute Gasteiger partial charge is 0.137 e. The van der Waals surface area contributed by atoms with Gasteiger partial charge in [-0.05, 0) is 24.2 Å². The summed E-state index contributed by atoms with van der Waals surface area (Å²) < 4.78 is 5.20. The van der Waals surface area contributed by atoms with Gasteiger partial charge < -0.3 is 10.1 Å². The predicted molar refractivity (Wildman–Crippen MR) is 80.6 cm³/mol. The van der Waals surface area contributed by atoms with E-state index in [4.69, 9.17) is 27.9 Å². The van der Waals surface area contributed by atoms with Gasteiger partial charge in [-0.3, -0.25) is 9.97 Å². The molecule has 0 aliphatic heterocycles. The summed E-state index contributed by atoms with van der Waals surface area (Å²) >= 11 is 12.1. The number of hydrogen-bond acceptors (Lipinski definition) is 4. The molecule has 0 fully saturated rings. The van der Waals surface area contributed by atoms with Crippen molar-refractivity contribution in [2.45, 2.75) is 13.0 Å². The van der Waals surface area contributed by atoms with Crippen LogP contribution in [0.2, 0.25) is 10.0 Å². The van der Waals surface area contributed by atoms with Crippen LogP contribution in [0.1, 0.15) is 24.2 Å². The number of aromatic nitrogens is 2. The zero-order chi connectivity index (χ0) is 14.5. The Hall–Kier alpha value is -1.36. The van der Waals surface area contributed by atoms with Crippen LogP contribution in [-0.4, -0.2) is 23.6 Å². The fourth-order valence-electron chi connectivity index (χ4n) is 1.92. The van der Waals surface area contributed by atoms with Crippen molar-refractivity contribution in [2.24, 2.45) is 0 Å². The van der Waals surface area contributed by atoms with Crippen molar-refractivity contribution in [1.82, 2.24) is 15.3 Å². The topological polar surface area (TPSA) is 47.0 Å². The third-order valence-corrected chi connectivity index (χ3v) is 3.33. The van der Waals surface area contributed by atoms with Gasteiger partial charge in [0.2, 0.25) is 0 Å². The lowest BCUT2D eigenvalue weighted by atomic mass is 10.0. The maximum absolute atomic E-state index is 6.24. The minimum Gasteiger partial charge on any atom is -0.495 e. The van der Waals surface area contributed by atoms with Crippen molar-refractivity contribution in [2.75, 3.05) is 13.7 Å². The number of nitrogens with one attached hydrogen (secondary N) is 1. The van der Waals surface area contributed by atoms with Gasteiger partial charge in [-0.15, -0.1) is 0 Å². The first-order chi connectivity index (χ1) is 9.65. The molecule has 0 saturated heterocycles. The maximum Gasteiger partial charge on any atom is 0.137 e. The van der Waals surface area contributed by atoms with Crippen molar-refractivity contribution in [3.8, 4) is 5.75 Å². The van der Waals surface area contributed by atoms with E-state index in [0.717, 1.165) is 12.1 Å². The lowest BCUT2D eigenvalue weighted by molar-refractivity contribution is 0.411. The molecule has 0 aromatic carbocycles. The van der Waals surface area contributed by atoms with Gasteiger partial charge in [-0.1, -0.05) is 30.1 Å². The summed E-state index contributed by atoms with van der Waals surface area (Å²) in [5, 5.41) is 4.37. The molecule has 0 saturated carbocycles. The van der Waals surface area contributed by atoms with Crippen LogP contribution in [0.3, 0.4) is 0 Å². The average molecular weight is 312 g/mol. The molecule has 20 heavy (non-hydrogen) atoms. The van der Waals surface area contributed by atoms with Crippen LogP contribution in [0.25, 0.3) is 0 Å². The van der Waals surface area contributed by atoms with Gasteiger partial charge in [-0.25, -0.2) is 0 Å². The van der Waals surface area contributed by atoms with E-state index in [1.807, 2.05) is 13.0 Å². The second-order valence-electron chi connectivity index (χ2n) is 4.17. The SMILES string of the molecule is CCNC(c1cncc(OC)c1)c1ncc(Cl)cc1Cl. The monoisotopic (exact) mass is 311 g/mol. The first kappa shape index (κ1) is 15.0. The fourth-order valence-corrected chi connectivity index (χ4v) is 2.41. The number of hydrogen-bond donors (Lipinski definition) is 1. The summed E-state index contributed by atoms with van der Waals surface area (Å²) in [7, 11) is 1.61. The third kappa shape index (κ3) is 3.39. The van der Waals surface area contributed by atoms with Crippen LogP contribution >= 0.6 is 23.2 Å². The Kier molecular flexibility index (Phi) is 5.17. The molecule has 0 aliphatic rings. The van der Waals surface area contributed by atoms with Crippen LogP contribution in [-0.2, 0) is 0 Å². The van der Waals surface area contributed by atoms with Gasteiger partial charge >= 0.3 is 0 Å². The van der Waals surface area contributed by atoms with Crippen LogP contribution in [0, 0.1) is 0 Å². The summed E-state index contributed by atoms with van der Waals surface area (Å²) in [4.78, 5) is 8.50. The Morgan fingerprint density at radius 3 is 2.70 bits per heavy atom. The lowest BCUT2D eigenvalue weighted by Crippen LogP contribution is -2.23. The Morgan fingerprint density at radius 1 is 1.25 bits per heavy atom. The molecule has 1 unspecified atom stereocenters. The zero-order valence-corrected chi connectivity index (χ0v) is 12.7. The number of pyridine rings is 2. The molecule has 0 amide bonds. The summed E-state index contributed by atoms with van der Waals surface area (Å²) in [6, 6.07) is 3.43. The minimum absolute atomic E-state index is 0.160. The van der Waals surface area contributed by atoms with Crippen LogP contribution in [0.4, 0.5) is 0 Å². The molecule has 2 rings (SSSR count). The first-order valence-electron chi connectivity index (χ1n) is 6.19. The van der Waals surface area contributed by atoms with Crippen LogP contribution < -0.4 is 10.1 Å². The molecule has 2 heterocycles. The summed E-state index contributed by atoms with van der Waals surface area (Å²) in [5.74, 6) is 0.690. The Bertz CT molecular complexity index is 592. The van der Waals surface area contributed by atoms with Gasteiger partial charge in [-0.2, -0.15) is 0 Å². The molecule has 6 heteroatoms. The Balaban J connectivity index is 2.44. The van der Waals surface area contributed by atoms with Crippen molar-refractivity contribution in [1.29, 1.82) is 0 Å². The molecule has 2 aromatic heterocycles. The molecule has 1 N–H and O–H groups in total. The summed E-state index contributed by atoms with van der Waals surface area (Å²) in [6.07, 6.45) is 5.01. The molecular formula is C14H15Cl2N3O. The largest absolute Gasteiger partial charge is 0.495 e. The van der Waals surface area contributed by atoms with E-state index < -0.39 is 0 Å². The van der Waals surface area contributed by atoms with E-state index in [1.165, 1.54) is 0 Å². The van der Waals surface area contributed by atoms with Crippen molar-refractivity contribution in [3.63, 3.8) is 0 Å². The Morgan fingerprint density at radius 2 is 2.05 bits per heavy atom. The van der Waals surface area contributed by atoms with Crippen molar-refractivity contribution in [3.05, 3.63) is 52.0 Å². The number of methoxy groups -OCH3 is 1. The standard InChI is InChI=1S/C14H15Cl2N3O/c1-3-18-13(9-4-11(20-2)8-17-6-9)14-12(16)5-10(15)7-19-14/h4-8,13,18H,3H2,1-2H3. The van der Waals surface area contributed by atoms with Gasteiger partial charge in [0, 0.05) is 12.4 Å². The lowest BCUT2D eigenvalue weighted by Gasteiger charge is -2.19. The van der Waals surface area contributed by atoms with Gasteiger partial charge in [0.15, 0.2) is 0 Å². The quantitative estimate of drug-likeness (QED) is 0.918. The second-order valence-corrected chi connectivity index (χ2v) is 5.01. The molecule has 4 nitrogen and oxygen atoms in total. The third-order valence-electron chi connectivity index (χ3n) is 2.82. The molecule has 0 bridgehead atoms. The van der Waals surface area contributed by atoms with E-state index in [0.29, 0.717) is 21.5 Å². The highest BCUT2D eigenvalue weighted by Crippen LogP contribution is 2.29. The van der Waals surface area contributed by atoms with E-state index in [-0.39, 0.29) is 6.04 Å². The highest BCUT2D eigenvalue weighted by Gasteiger charge is 2.19. The highest BCUT2D eigenvalue weighted by molar-refractivity contribution is 6.34. The van der Waals surface area contributed by atoms with Gasteiger partial charge in [0.05, 0.1) is 35.1 Å². The predicted octanol–water partition coefficient (Wildman–Crippen LogP) is 3.49. The van der Waals surface area contributed by atoms with Gasteiger partial charge in [0.25, 0.3) is 0 Å². The molecule has 0 spiro atoms. The number of halogens is 2. The van der Waals surface area contributed by atoms with Crippen molar-refractivity contribution < 1.29 is 4.74 Å². The van der Waals surface area contributed by atoms with E-state index in [2.05, 4.69) is 15.3 Å². The maximum atomic E-state index is 6.24. The van der Waals surface area contributed by atoms with E-state index in [9.17, 15) is 0 Å². The average Bonchev–Trinajstić information content (AvgIpc) is 2.45. The molecular weight excluding hydrogens is 297 g/mol. The number of rotatable bonds is 5. The molecule has 1 atom stereocenters. The van der Waals surface area contributed by atoms with Crippen LogP contribution in [0.5, 0.6) is 5.75 Å². The first-order valence-corrected chi connectivity index (χ1v) is 6.94. The van der Waals surface area contributed by atoms with E-state index in [1.54, 1.807) is 31.8 Å². The number of nitrogens with zero attached hydrogens (tertiary/aromatic N) is 2. The van der Waals surface area contributed by atoms with Crippen LogP contribution in [0.15, 0.2) is 30.7 Å². The van der Waals surface area contributed by atoms with Crippen molar-refractivity contribution >= 4 is 23.2 Å². The van der Waals surface area contributed by atoms with Gasteiger partial charge in [0.1, 0.15) is 5.75 Å². The zero-order valence-electron chi connectivity index (χ0n) is 11.2. The normalized spacial score (nSPS) is 12.2. The summed E-state index contributed by atoms with van der Waals surface area (Å²) in [6.45, 7) is 2.78. The Labute approximate surface area is 128 Å². The highest BCUT2D eigenvalue weighted by atomic mass is 35.5. The molecule has 2 aromatic rings. The molecule has 106 valence electrons. The molecule has 0 aliphatic carbocycles.